The summed E-state index contributed by atoms with van der Waals surface area (Å²) in [6, 6.07) is 6.38. The lowest BCUT2D eigenvalue weighted by Gasteiger charge is -2.39. The van der Waals surface area contributed by atoms with Crippen molar-refractivity contribution in [3.63, 3.8) is 0 Å². The first-order valence-corrected chi connectivity index (χ1v) is 13.1. The summed E-state index contributed by atoms with van der Waals surface area (Å²) in [5, 5.41) is 4.41. The van der Waals surface area contributed by atoms with Crippen molar-refractivity contribution >= 4 is 34.5 Å². The van der Waals surface area contributed by atoms with Gasteiger partial charge in [0.2, 0.25) is 5.91 Å². The molecular weight excluding hydrogens is 450 g/mol. The maximum atomic E-state index is 13.3. The van der Waals surface area contributed by atoms with Crippen LogP contribution in [-0.4, -0.2) is 41.1 Å². The highest BCUT2D eigenvalue weighted by Crippen LogP contribution is 2.49. The molecule has 2 saturated carbocycles. The van der Waals surface area contributed by atoms with E-state index in [1.807, 2.05) is 32.9 Å². The second-order valence-electron chi connectivity index (χ2n) is 10.9. The van der Waals surface area contributed by atoms with Gasteiger partial charge in [-0.3, -0.25) is 4.79 Å². The van der Waals surface area contributed by atoms with E-state index < -0.39 is 0 Å². The Morgan fingerprint density at radius 2 is 1.82 bits per heavy atom. The number of rotatable bonds is 2. The van der Waals surface area contributed by atoms with Gasteiger partial charge < -0.3 is 19.9 Å². The van der Waals surface area contributed by atoms with Crippen LogP contribution < -0.4 is 5.32 Å². The van der Waals surface area contributed by atoms with Gasteiger partial charge in [-0.25, -0.2) is 4.79 Å². The number of amides is 2. The molecule has 1 unspecified atom stereocenters. The molecule has 0 radical (unpaired) electrons. The average molecular weight is 488 g/mol. The number of carbonyl (C=O) groups excluding carboxylic acids is 2. The van der Waals surface area contributed by atoms with Crippen molar-refractivity contribution in [2.24, 2.45) is 11.8 Å². The van der Waals surface area contributed by atoms with E-state index in [0.29, 0.717) is 11.8 Å². The van der Waals surface area contributed by atoms with Crippen molar-refractivity contribution in [2.45, 2.75) is 83.8 Å². The van der Waals surface area contributed by atoms with E-state index in [1.54, 1.807) is 0 Å². The van der Waals surface area contributed by atoms with E-state index in [2.05, 4.69) is 21.3 Å². The van der Waals surface area contributed by atoms with Crippen LogP contribution in [0, 0.1) is 11.8 Å². The van der Waals surface area contributed by atoms with Crippen LogP contribution in [0.25, 0.3) is 10.9 Å². The number of H-pyrrole nitrogens is 1. The predicted octanol–water partition coefficient (Wildman–Crippen LogP) is 6.38. The average Bonchev–Trinajstić information content (AvgIpc) is 3.57. The largest absolute Gasteiger partial charge is 0.444 e. The number of halogens is 1. The number of benzene rings is 1. The first-order valence-electron chi connectivity index (χ1n) is 12.7. The van der Waals surface area contributed by atoms with Gasteiger partial charge in [-0.2, -0.15) is 0 Å². The summed E-state index contributed by atoms with van der Waals surface area (Å²) < 4.78 is 4.84. The summed E-state index contributed by atoms with van der Waals surface area (Å²) in [7, 11) is 1.54. The van der Waals surface area contributed by atoms with Gasteiger partial charge in [0, 0.05) is 41.1 Å². The molecule has 1 atom stereocenters. The van der Waals surface area contributed by atoms with E-state index >= 15 is 0 Å². The number of nitrogens with one attached hydrogen (secondary N) is 2. The van der Waals surface area contributed by atoms with Gasteiger partial charge in [-0.15, -0.1) is 0 Å². The van der Waals surface area contributed by atoms with Gasteiger partial charge in [-0.05, 0) is 76.5 Å². The zero-order chi connectivity index (χ0) is 24.5. The number of ether oxygens (including phenoxy) is 1. The number of aromatic nitrogens is 1. The molecule has 2 heterocycles. The maximum Gasteiger partial charge on any atom is 0.407 e. The standard InChI is InChI=1S/C21H25ClN2O.C6H13NO2/c22-15-8-9-16-17-10-11-24(21(25)14-4-2-1-3-5-14)20(13-6-7-13)19(17)23-18(16)12-15;1-6(2,3)9-5(8)7-4/h8-9,12-14,20,23H,1-7,10-11H2;1-4H3,(H,7,8). The van der Waals surface area contributed by atoms with Crippen molar-refractivity contribution in [2.75, 3.05) is 13.6 Å². The monoisotopic (exact) mass is 487 g/mol. The van der Waals surface area contributed by atoms with Crippen LogP contribution in [0.2, 0.25) is 5.02 Å². The second kappa shape index (κ2) is 10.2. The SMILES string of the molecule is CNC(=O)OC(C)(C)C.O=C(C1CCCCC1)N1CCc2c([nH]c3cc(Cl)ccc23)C1C1CC1. The Kier molecular flexibility index (Phi) is 7.46. The minimum absolute atomic E-state index is 0.254. The molecule has 0 saturated heterocycles. The van der Waals surface area contributed by atoms with E-state index in [9.17, 15) is 9.59 Å². The molecule has 2 amide bonds. The quantitative estimate of drug-likeness (QED) is 0.516. The van der Waals surface area contributed by atoms with Gasteiger partial charge in [0.05, 0.1) is 6.04 Å². The van der Waals surface area contributed by atoms with Crippen molar-refractivity contribution in [3.8, 4) is 0 Å². The molecule has 1 aromatic carbocycles. The van der Waals surface area contributed by atoms with Crippen LogP contribution >= 0.6 is 11.6 Å². The summed E-state index contributed by atoms with van der Waals surface area (Å²) >= 11 is 6.19. The fourth-order valence-corrected chi connectivity index (χ4v) is 5.53. The number of nitrogens with zero attached hydrogens (tertiary/aromatic N) is 1. The molecule has 5 rings (SSSR count). The third-order valence-electron chi connectivity index (χ3n) is 7.04. The number of carbonyl (C=O) groups is 2. The van der Waals surface area contributed by atoms with Crippen molar-refractivity contribution < 1.29 is 14.3 Å². The van der Waals surface area contributed by atoms with Crippen LogP contribution in [0.3, 0.4) is 0 Å². The molecule has 2 fully saturated rings. The summed E-state index contributed by atoms with van der Waals surface area (Å²) in [6.45, 7) is 6.34. The topological polar surface area (TPSA) is 74.4 Å². The number of hydrogen-bond acceptors (Lipinski definition) is 3. The minimum Gasteiger partial charge on any atom is -0.444 e. The molecule has 6 nitrogen and oxygen atoms in total. The normalized spacial score (nSPS) is 20.9. The highest BCUT2D eigenvalue weighted by Gasteiger charge is 2.44. The van der Waals surface area contributed by atoms with Gasteiger partial charge >= 0.3 is 6.09 Å². The number of fused-ring (bicyclic) bond motifs is 3. The Labute approximate surface area is 207 Å². The second-order valence-corrected chi connectivity index (χ2v) is 11.3. The minimum atomic E-state index is -0.389. The molecular formula is C27H38ClN3O3. The fourth-order valence-electron chi connectivity index (χ4n) is 5.36. The summed E-state index contributed by atoms with van der Waals surface area (Å²) in [5.74, 6) is 1.31. The Morgan fingerprint density at radius 1 is 1.12 bits per heavy atom. The molecule has 7 heteroatoms. The van der Waals surface area contributed by atoms with Gasteiger partial charge in [0.15, 0.2) is 0 Å². The highest BCUT2D eigenvalue weighted by atomic mass is 35.5. The molecule has 2 aliphatic carbocycles. The van der Waals surface area contributed by atoms with Crippen LogP contribution in [-0.2, 0) is 16.0 Å². The zero-order valence-electron chi connectivity index (χ0n) is 20.9. The number of aromatic amines is 1. The molecule has 1 aliphatic heterocycles. The van der Waals surface area contributed by atoms with Gasteiger partial charge in [-0.1, -0.05) is 36.9 Å². The van der Waals surface area contributed by atoms with E-state index in [1.165, 1.54) is 55.8 Å². The first-order chi connectivity index (χ1) is 16.2. The summed E-state index contributed by atoms with van der Waals surface area (Å²) in [6.07, 6.45) is 8.96. The first kappa shape index (κ1) is 24.9. The number of hydrogen-bond donors (Lipinski definition) is 2. The predicted molar refractivity (Wildman–Crippen MR) is 136 cm³/mol. The van der Waals surface area contributed by atoms with E-state index in [-0.39, 0.29) is 23.7 Å². The molecule has 3 aliphatic rings. The molecule has 186 valence electrons. The van der Waals surface area contributed by atoms with Crippen molar-refractivity contribution in [1.29, 1.82) is 0 Å². The Hall–Kier alpha value is -2.21. The smallest absolute Gasteiger partial charge is 0.407 e. The van der Waals surface area contributed by atoms with Gasteiger partial charge in [0.25, 0.3) is 0 Å². The Bertz CT molecular complexity index is 1030. The third-order valence-corrected chi connectivity index (χ3v) is 7.28. The molecule has 0 spiro atoms. The van der Waals surface area contributed by atoms with E-state index in [0.717, 1.165) is 36.3 Å². The van der Waals surface area contributed by atoms with Crippen LogP contribution in [0.5, 0.6) is 0 Å². The third kappa shape index (κ3) is 5.70. The van der Waals surface area contributed by atoms with Gasteiger partial charge in [0.1, 0.15) is 5.60 Å². The lowest BCUT2D eigenvalue weighted by atomic mass is 9.86. The molecule has 2 aromatic rings. The summed E-state index contributed by atoms with van der Waals surface area (Å²) in [4.78, 5) is 29.6. The lowest BCUT2D eigenvalue weighted by molar-refractivity contribution is -0.140. The van der Waals surface area contributed by atoms with Crippen LogP contribution in [0.4, 0.5) is 4.79 Å². The molecule has 0 bridgehead atoms. The van der Waals surface area contributed by atoms with E-state index in [4.69, 9.17) is 16.3 Å². The molecule has 2 N–H and O–H groups in total. The molecule has 1 aromatic heterocycles. The zero-order valence-corrected chi connectivity index (χ0v) is 21.6. The van der Waals surface area contributed by atoms with Crippen LogP contribution in [0.15, 0.2) is 18.2 Å². The Morgan fingerprint density at radius 3 is 2.41 bits per heavy atom. The number of alkyl carbamates (subject to hydrolysis) is 1. The maximum absolute atomic E-state index is 13.3. The highest BCUT2D eigenvalue weighted by molar-refractivity contribution is 6.31. The summed E-state index contributed by atoms with van der Waals surface area (Å²) in [5.41, 5.74) is 3.43. The van der Waals surface area contributed by atoms with Crippen molar-refractivity contribution in [1.82, 2.24) is 15.2 Å². The van der Waals surface area contributed by atoms with Crippen molar-refractivity contribution in [3.05, 3.63) is 34.5 Å². The molecule has 34 heavy (non-hydrogen) atoms. The Balaban J connectivity index is 0.000000262. The van der Waals surface area contributed by atoms with Crippen LogP contribution in [0.1, 0.15) is 83.0 Å². The fraction of sp³-hybridized carbons (Fsp3) is 0.630. The lowest BCUT2D eigenvalue weighted by Crippen LogP contribution is -2.44.